The highest BCUT2D eigenvalue weighted by molar-refractivity contribution is 5.97. The zero-order valence-electron chi connectivity index (χ0n) is 12.6. The lowest BCUT2D eigenvalue weighted by Gasteiger charge is -2.06. The Morgan fingerprint density at radius 1 is 0.900 bits per heavy atom. The van der Waals surface area contributed by atoms with Crippen molar-refractivity contribution in [2.24, 2.45) is 0 Å². The molecule has 1 nitrogen and oxygen atoms in total. The summed E-state index contributed by atoms with van der Waals surface area (Å²) in [6.07, 6.45) is 2.69. The summed E-state index contributed by atoms with van der Waals surface area (Å²) >= 11 is 0. The van der Waals surface area contributed by atoms with Crippen LogP contribution in [0.25, 0.3) is 0 Å². The van der Waals surface area contributed by atoms with E-state index in [4.69, 9.17) is 0 Å². The average molecular weight is 266 g/mol. The Hall–Kier alpha value is -1.89. The Kier molecular flexibility index (Phi) is 4.73. The second-order valence-electron chi connectivity index (χ2n) is 5.47. The maximum Gasteiger partial charge on any atom is 0.167 e. The first-order valence-corrected chi connectivity index (χ1v) is 7.28. The fourth-order valence-corrected chi connectivity index (χ4v) is 2.35. The minimum Gasteiger partial charge on any atom is -0.294 e. The van der Waals surface area contributed by atoms with Crippen LogP contribution in [-0.2, 0) is 12.8 Å². The van der Waals surface area contributed by atoms with Gasteiger partial charge in [-0.15, -0.1) is 0 Å². The molecule has 0 saturated heterocycles. The predicted octanol–water partition coefficient (Wildman–Crippen LogP) is 4.68. The number of hydrogen-bond acceptors (Lipinski definition) is 1. The van der Waals surface area contributed by atoms with Crippen LogP contribution >= 0.6 is 0 Å². The van der Waals surface area contributed by atoms with Crippen molar-refractivity contribution in [2.75, 3.05) is 0 Å². The van der Waals surface area contributed by atoms with Crippen LogP contribution < -0.4 is 0 Å². The maximum absolute atomic E-state index is 12.3. The van der Waals surface area contributed by atoms with Gasteiger partial charge in [0.1, 0.15) is 0 Å². The molecule has 20 heavy (non-hydrogen) atoms. The van der Waals surface area contributed by atoms with E-state index < -0.39 is 0 Å². The molecule has 0 aliphatic carbocycles. The Morgan fingerprint density at radius 2 is 1.55 bits per heavy atom. The summed E-state index contributed by atoms with van der Waals surface area (Å²) in [5, 5.41) is 0. The average Bonchev–Trinajstić information content (AvgIpc) is 2.44. The van der Waals surface area contributed by atoms with Crippen molar-refractivity contribution in [3.05, 3.63) is 70.3 Å². The molecule has 2 aromatic rings. The maximum atomic E-state index is 12.3. The van der Waals surface area contributed by atoms with Crippen molar-refractivity contribution in [3.63, 3.8) is 0 Å². The lowest BCUT2D eigenvalue weighted by Crippen LogP contribution is -2.04. The van der Waals surface area contributed by atoms with Crippen LogP contribution in [0.5, 0.6) is 0 Å². The van der Waals surface area contributed by atoms with Gasteiger partial charge in [0, 0.05) is 12.0 Å². The van der Waals surface area contributed by atoms with Gasteiger partial charge in [-0.25, -0.2) is 0 Å². The quantitative estimate of drug-likeness (QED) is 0.718. The summed E-state index contributed by atoms with van der Waals surface area (Å²) in [6, 6.07) is 14.3. The van der Waals surface area contributed by atoms with Crippen molar-refractivity contribution in [1.29, 1.82) is 0 Å². The summed E-state index contributed by atoms with van der Waals surface area (Å²) in [5.41, 5.74) is 5.72. The summed E-state index contributed by atoms with van der Waals surface area (Å²) in [7, 11) is 0. The molecule has 0 saturated carbocycles. The lowest BCUT2D eigenvalue weighted by atomic mass is 9.98. The first-order chi connectivity index (χ1) is 9.60. The molecule has 0 bridgehead atoms. The number of hydrogen-bond donors (Lipinski definition) is 0. The van der Waals surface area contributed by atoms with Crippen LogP contribution in [0.3, 0.4) is 0 Å². The Balaban J connectivity index is 2.09. The zero-order chi connectivity index (χ0) is 14.5. The van der Waals surface area contributed by atoms with Gasteiger partial charge in [-0.2, -0.15) is 0 Å². The van der Waals surface area contributed by atoms with Gasteiger partial charge in [-0.1, -0.05) is 55.8 Å². The van der Waals surface area contributed by atoms with Crippen LogP contribution in [-0.4, -0.2) is 5.78 Å². The van der Waals surface area contributed by atoms with Crippen molar-refractivity contribution < 1.29 is 4.79 Å². The SMILES string of the molecule is CCCc1ccc(C(=O)Cc2ccc(C)c(C)c2)cc1. The van der Waals surface area contributed by atoms with E-state index >= 15 is 0 Å². The zero-order valence-corrected chi connectivity index (χ0v) is 12.6. The topological polar surface area (TPSA) is 17.1 Å². The number of rotatable bonds is 5. The van der Waals surface area contributed by atoms with E-state index in [1.807, 2.05) is 18.2 Å². The molecule has 0 fully saturated rings. The molecule has 2 aromatic carbocycles. The molecule has 0 radical (unpaired) electrons. The fraction of sp³-hybridized carbons (Fsp3) is 0.316. The molecule has 0 aliphatic rings. The van der Waals surface area contributed by atoms with E-state index in [0.717, 1.165) is 24.0 Å². The van der Waals surface area contributed by atoms with Gasteiger partial charge in [0.15, 0.2) is 5.78 Å². The van der Waals surface area contributed by atoms with E-state index in [9.17, 15) is 4.79 Å². The highest BCUT2D eigenvalue weighted by Crippen LogP contribution is 2.14. The van der Waals surface area contributed by atoms with E-state index in [-0.39, 0.29) is 5.78 Å². The minimum absolute atomic E-state index is 0.191. The van der Waals surface area contributed by atoms with Crippen LogP contribution in [0.2, 0.25) is 0 Å². The van der Waals surface area contributed by atoms with Crippen molar-refractivity contribution >= 4 is 5.78 Å². The van der Waals surface area contributed by atoms with Crippen LogP contribution in [0.1, 0.15) is 46.0 Å². The Bertz CT molecular complexity index is 594. The molecule has 0 N–H and O–H groups in total. The molecule has 0 aliphatic heterocycles. The van der Waals surface area contributed by atoms with Gasteiger partial charge < -0.3 is 0 Å². The van der Waals surface area contributed by atoms with E-state index in [2.05, 4.69) is 45.0 Å². The van der Waals surface area contributed by atoms with Gasteiger partial charge in [-0.05, 0) is 42.5 Å². The molecule has 2 rings (SSSR count). The highest BCUT2D eigenvalue weighted by Gasteiger charge is 2.07. The lowest BCUT2D eigenvalue weighted by molar-refractivity contribution is 0.0993. The van der Waals surface area contributed by atoms with Crippen molar-refractivity contribution in [1.82, 2.24) is 0 Å². The number of ketones is 1. The van der Waals surface area contributed by atoms with E-state index in [0.29, 0.717) is 6.42 Å². The third-order valence-corrected chi connectivity index (χ3v) is 3.75. The first kappa shape index (κ1) is 14.5. The smallest absolute Gasteiger partial charge is 0.167 e. The highest BCUT2D eigenvalue weighted by atomic mass is 16.1. The summed E-state index contributed by atoms with van der Waals surface area (Å²) in [6.45, 7) is 6.34. The molecule has 1 heteroatoms. The van der Waals surface area contributed by atoms with Crippen LogP contribution in [0.4, 0.5) is 0 Å². The Morgan fingerprint density at radius 3 is 2.15 bits per heavy atom. The van der Waals surface area contributed by atoms with Crippen LogP contribution in [0.15, 0.2) is 42.5 Å². The number of carbonyl (C=O) groups is 1. The number of Topliss-reactive ketones (excluding diaryl/α,β-unsaturated/α-hetero) is 1. The Labute approximate surface area is 121 Å². The van der Waals surface area contributed by atoms with E-state index in [1.165, 1.54) is 16.7 Å². The molecular weight excluding hydrogens is 244 g/mol. The molecule has 0 amide bonds. The molecule has 0 atom stereocenters. The van der Waals surface area contributed by atoms with Gasteiger partial charge in [0.05, 0.1) is 0 Å². The third-order valence-electron chi connectivity index (χ3n) is 3.75. The summed E-state index contributed by atoms with van der Waals surface area (Å²) in [5.74, 6) is 0.191. The number of aryl methyl sites for hydroxylation is 3. The first-order valence-electron chi connectivity index (χ1n) is 7.28. The largest absolute Gasteiger partial charge is 0.294 e. The molecule has 104 valence electrons. The predicted molar refractivity (Wildman–Crippen MR) is 84.4 cm³/mol. The van der Waals surface area contributed by atoms with Crippen molar-refractivity contribution in [2.45, 2.75) is 40.0 Å². The molecule has 0 unspecified atom stereocenters. The fourth-order valence-electron chi connectivity index (χ4n) is 2.35. The molecule has 0 heterocycles. The second-order valence-corrected chi connectivity index (χ2v) is 5.47. The van der Waals surface area contributed by atoms with Gasteiger partial charge >= 0.3 is 0 Å². The monoisotopic (exact) mass is 266 g/mol. The van der Waals surface area contributed by atoms with Gasteiger partial charge in [-0.3, -0.25) is 4.79 Å². The molecular formula is C19H22O. The second kappa shape index (κ2) is 6.51. The minimum atomic E-state index is 0.191. The van der Waals surface area contributed by atoms with Gasteiger partial charge in [0.2, 0.25) is 0 Å². The summed E-state index contributed by atoms with van der Waals surface area (Å²) in [4.78, 5) is 12.3. The van der Waals surface area contributed by atoms with Crippen LogP contribution in [0, 0.1) is 13.8 Å². The normalized spacial score (nSPS) is 10.6. The van der Waals surface area contributed by atoms with Gasteiger partial charge in [0.25, 0.3) is 0 Å². The standard InChI is InChI=1S/C19H22O/c1-4-5-16-8-10-18(11-9-16)19(20)13-17-7-6-14(2)15(3)12-17/h6-12H,4-5,13H2,1-3H3. The summed E-state index contributed by atoms with van der Waals surface area (Å²) < 4.78 is 0. The third kappa shape index (κ3) is 3.57. The number of benzene rings is 2. The van der Waals surface area contributed by atoms with E-state index in [1.54, 1.807) is 0 Å². The number of carbonyl (C=O) groups excluding carboxylic acids is 1. The van der Waals surface area contributed by atoms with Crippen molar-refractivity contribution in [3.8, 4) is 0 Å². The molecule has 0 aromatic heterocycles. The molecule has 0 spiro atoms.